The van der Waals surface area contributed by atoms with Gasteiger partial charge in [0.05, 0.1) is 32.0 Å². The fraction of sp³-hybridized carbons (Fsp3) is 0.682. The lowest BCUT2D eigenvalue weighted by Crippen LogP contribution is -2.43. The molecule has 1 aromatic carbocycles. The maximum Gasteiger partial charge on any atom is 0.459 e. The number of carbonyl (C=O) groups excluding carboxylic acids is 1. The maximum atomic E-state index is 14.9. The Morgan fingerprint density at radius 1 is 1.30 bits per heavy atom. The van der Waals surface area contributed by atoms with Gasteiger partial charge >= 0.3 is 13.7 Å². The summed E-state index contributed by atoms with van der Waals surface area (Å²) in [6, 6.07) is 7.98. The van der Waals surface area contributed by atoms with Crippen LogP contribution in [0.25, 0.3) is 0 Å². The number of nitrogens with one attached hydrogen (secondary N) is 1. The summed E-state index contributed by atoms with van der Waals surface area (Å²) < 4.78 is 62.1. The smallest absolute Gasteiger partial charge is 0.456 e. The molecule has 0 radical (unpaired) electrons. The number of carbonyl (C=O) groups is 1. The first-order valence-electron chi connectivity index (χ1n) is 11.2. The summed E-state index contributed by atoms with van der Waals surface area (Å²) in [5.74, 6) is -0.243. The molecule has 0 aromatic heterocycles. The maximum absolute atomic E-state index is 14.9. The molecule has 1 aromatic rings. The van der Waals surface area contributed by atoms with E-state index in [1.807, 2.05) is 6.92 Å². The van der Waals surface area contributed by atoms with Gasteiger partial charge in [-0.05, 0) is 32.4 Å². The van der Waals surface area contributed by atoms with Crippen LogP contribution in [0.2, 0.25) is 0 Å². The van der Waals surface area contributed by atoms with Gasteiger partial charge in [0.15, 0.2) is 18.1 Å². The molecule has 2 aliphatic rings. The van der Waals surface area contributed by atoms with Gasteiger partial charge in [-0.25, -0.2) is 14.0 Å². The van der Waals surface area contributed by atoms with Crippen LogP contribution < -0.4 is 9.61 Å². The molecule has 2 aliphatic heterocycles. The second-order valence-corrected chi connectivity index (χ2v) is 10.1. The van der Waals surface area contributed by atoms with Crippen LogP contribution in [0, 0.1) is 0 Å². The number of para-hydroxylation sites is 1. The monoisotopic (exact) mass is 489 g/mol. The number of hydrogen-bond acceptors (Lipinski definition) is 8. The van der Waals surface area contributed by atoms with Crippen LogP contribution in [0.15, 0.2) is 30.3 Å². The van der Waals surface area contributed by atoms with Crippen LogP contribution in [0.4, 0.5) is 4.39 Å². The van der Waals surface area contributed by atoms with Crippen molar-refractivity contribution < 1.29 is 41.7 Å². The van der Waals surface area contributed by atoms with Gasteiger partial charge in [-0.3, -0.25) is 9.32 Å². The summed E-state index contributed by atoms with van der Waals surface area (Å²) >= 11 is 0. The van der Waals surface area contributed by atoms with Gasteiger partial charge < -0.3 is 23.5 Å². The molecule has 2 heterocycles. The van der Waals surface area contributed by atoms with Gasteiger partial charge in [0.1, 0.15) is 11.9 Å². The molecule has 3 rings (SSSR count). The number of ether oxygens (including phenoxy) is 4. The first-order valence-corrected chi connectivity index (χ1v) is 12.7. The molecule has 5 unspecified atom stereocenters. The van der Waals surface area contributed by atoms with Crippen LogP contribution in [0.3, 0.4) is 0 Å². The SMILES string of the molecule is CCC(=O)O[C@@H]1C(COP(=O)(N[C@@H](C)C2OCC(CC)O2)Oc2ccccc2)OCC1(C)F. The molecule has 0 spiro atoms. The highest BCUT2D eigenvalue weighted by Crippen LogP contribution is 2.46. The number of benzene rings is 1. The van der Waals surface area contributed by atoms with E-state index in [1.54, 1.807) is 44.2 Å². The summed E-state index contributed by atoms with van der Waals surface area (Å²) in [4.78, 5) is 11.8. The van der Waals surface area contributed by atoms with E-state index in [0.29, 0.717) is 12.4 Å². The molecule has 1 N–H and O–H groups in total. The first kappa shape index (κ1) is 26.1. The topological polar surface area (TPSA) is 102 Å². The number of rotatable bonds is 11. The number of hydrogen-bond donors (Lipinski definition) is 1. The van der Waals surface area contributed by atoms with Crippen molar-refractivity contribution in [1.82, 2.24) is 5.09 Å². The largest absolute Gasteiger partial charge is 0.459 e. The molecule has 7 atom stereocenters. The highest BCUT2D eigenvalue weighted by Gasteiger charge is 2.51. The number of esters is 1. The van der Waals surface area contributed by atoms with Crippen LogP contribution in [-0.2, 0) is 32.8 Å². The van der Waals surface area contributed by atoms with Crippen LogP contribution in [0.5, 0.6) is 5.75 Å². The molecule has 0 bridgehead atoms. The summed E-state index contributed by atoms with van der Waals surface area (Å²) in [7, 11) is -3.99. The molecule has 186 valence electrons. The van der Waals surface area contributed by atoms with Gasteiger partial charge in [0.2, 0.25) is 0 Å². The minimum Gasteiger partial charge on any atom is -0.456 e. The van der Waals surface area contributed by atoms with Crippen molar-refractivity contribution in [3.8, 4) is 5.75 Å². The third-order valence-corrected chi connectivity index (χ3v) is 7.10. The van der Waals surface area contributed by atoms with Gasteiger partial charge in [-0.15, -0.1) is 0 Å². The highest BCUT2D eigenvalue weighted by atomic mass is 31.2. The summed E-state index contributed by atoms with van der Waals surface area (Å²) in [5.41, 5.74) is -1.90. The Bertz CT molecular complexity index is 826. The summed E-state index contributed by atoms with van der Waals surface area (Å²) in [6.45, 7) is 6.47. The lowest BCUT2D eigenvalue weighted by Gasteiger charge is -2.28. The lowest BCUT2D eigenvalue weighted by molar-refractivity contribution is -0.157. The minimum atomic E-state index is -3.99. The highest BCUT2D eigenvalue weighted by molar-refractivity contribution is 7.52. The van der Waals surface area contributed by atoms with Crippen molar-refractivity contribution in [3.05, 3.63) is 30.3 Å². The molecule has 0 saturated carbocycles. The average molecular weight is 489 g/mol. The van der Waals surface area contributed by atoms with Gasteiger partial charge in [0.25, 0.3) is 0 Å². The molecule has 9 nitrogen and oxygen atoms in total. The van der Waals surface area contributed by atoms with E-state index in [0.717, 1.165) is 6.42 Å². The standard InChI is InChI=1S/C22H33FNO8P/c1-5-16-12-27-21(30-16)15(3)24-33(26,32-17-10-8-7-9-11-17)29-13-18-20(31-19(25)6-2)22(4,23)14-28-18/h7-11,15-16,18,20-21H,5-6,12-14H2,1-4H3,(H,24,26)/t15-,16?,18?,20+,21?,22?,33?/m0/s1. The fourth-order valence-electron chi connectivity index (χ4n) is 3.52. The van der Waals surface area contributed by atoms with Crippen LogP contribution in [0.1, 0.15) is 40.5 Å². The van der Waals surface area contributed by atoms with E-state index >= 15 is 0 Å². The second kappa shape index (κ2) is 11.3. The number of alkyl halides is 1. The quantitative estimate of drug-likeness (QED) is 0.368. The second-order valence-electron chi connectivity index (χ2n) is 8.37. The van der Waals surface area contributed by atoms with E-state index in [1.165, 1.54) is 6.92 Å². The number of halogens is 1. The van der Waals surface area contributed by atoms with Gasteiger partial charge in [-0.2, -0.15) is 0 Å². The molecule has 0 amide bonds. The van der Waals surface area contributed by atoms with E-state index in [4.69, 9.17) is 28.0 Å². The Morgan fingerprint density at radius 2 is 2.03 bits per heavy atom. The Hall–Kier alpha value is -1.55. The van der Waals surface area contributed by atoms with E-state index in [2.05, 4.69) is 5.09 Å². The zero-order valence-corrected chi connectivity index (χ0v) is 20.3. The Kier molecular flexibility index (Phi) is 8.89. The molecule has 0 aliphatic carbocycles. The van der Waals surface area contributed by atoms with E-state index in [-0.39, 0.29) is 25.7 Å². The lowest BCUT2D eigenvalue weighted by atomic mass is 10.0. The zero-order valence-electron chi connectivity index (χ0n) is 19.4. The molecule has 33 heavy (non-hydrogen) atoms. The average Bonchev–Trinajstić information content (AvgIpc) is 3.38. The van der Waals surface area contributed by atoms with Crippen molar-refractivity contribution in [3.63, 3.8) is 0 Å². The van der Waals surface area contributed by atoms with Crippen molar-refractivity contribution in [2.45, 2.75) is 76.8 Å². The third-order valence-electron chi connectivity index (χ3n) is 5.43. The van der Waals surface area contributed by atoms with Gasteiger partial charge in [-0.1, -0.05) is 32.0 Å². The van der Waals surface area contributed by atoms with Crippen LogP contribution >= 0.6 is 7.75 Å². The zero-order chi connectivity index (χ0) is 24.1. The molecule has 11 heteroatoms. The first-order chi connectivity index (χ1) is 15.7. The molecular formula is C22H33FNO8P. The Labute approximate surface area is 193 Å². The van der Waals surface area contributed by atoms with Crippen LogP contribution in [-0.4, -0.2) is 62.1 Å². The fourth-order valence-corrected chi connectivity index (χ4v) is 5.07. The minimum absolute atomic E-state index is 0.0438. The van der Waals surface area contributed by atoms with Gasteiger partial charge in [0, 0.05) is 6.42 Å². The summed E-state index contributed by atoms with van der Waals surface area (Å²) in [6.07, 6.45) is -1.95. The Balaban J connectivity index is 1.71. The molecule has 2 fully saturated rings. The molecular weight excluding hydrogens is 456 g/mol. The predicted molar refractivity (Wildman–Crippen MR) is 118 cm³/mol. The van der Waals surface area contributed by atoms with Crippen molar-refractivity contribution >= 4 is 13.7 Å². The van der Waals surface area contributed by atoms with E-state index in [9.17, 15) is 13.8 Å². The van der Waals surface area contributed by atoms with E-state index < -0.39 is 43.9 Å². The van der Waals surface area contributed by atoms with Crippen molar-refractivity contribution in [2.75, 3.05) is 19.8 Å². The predicted octanol–water partition coefficient (Wildman–Crippen LogP) is 3.77. The summed E-state index contributed by atoms with van der Waals surface area (Å²) in [5, 5.41) is 2.84. The normalized spacial score (nSPS) is 32.3. The van der Waals surface area contributed by atoms with Crippen molar-refractivity contribution in [1.29, 1.82) is 0 Å². The Morgan fingerprint density at radius 3 is 2.67 bits per heavy atom. The van der Waals surface area contributed by atoms with Crippen molar-refractivity contribution in [2.24, 2.45) is 0 Å². The molecule has 2 saturated heterocycles. The third kappa shape index (κ3) is 6.97.